The van der Waals surface area contributed by atoms with E-state index in [9.17, 15) is 0 Å². The molecular formula is C3H4N6. The maximum Gasteiger partial charge on any atom is 0.222 e. The van der Waals surface area contributed by atoms with E-state index in [0.29, 0.717) is 11.3 Å². The van der Waals surface area contributed by atoms with Crippen LogP contribution in [0.15, 0.2) is 6.33 Å². The monoisotopic (exact) mass is 124 g/mol. The molecule has 46 valence electrons. The van der Waals surface area contributed by atoms with Crippen LogP contribution in [0, 0.1) is 0 Å². The molecule has 2 heterocycles. The Morgan fingerprint density at radius 2 is 2.44 bits per heavy atom. The second-order valence-electron chi connectivity index (χ2n) is 1.60. The molecule has 2 rings (SSSR count). The van der Waals surface area contributed by atoms with E-state index in [1.54, 1.807) is 0 Å². The van der Waals surface area contributed by atoms with Crippen LogP contribution in [0.5, 0.6) is 0 Å². The van der Waals surface area contributed by atoms with Crippen LogP contribution in [-0.4, -0.2) is 25.1 Å². The van der Waals surface area contributed by atoms with Crippen LogP contribution in [0.4, 0.5) is 0 Å². The average molecular weight is 124 g/mol. The van der Waals surface area contributed by atoms with E-state index in [1.807, 2.05) is 0 Å². The number of hydrogen-bond donors (Lipinski definition) is 2. The number of nitrogens with one attached hydrogen (secondary N) is 1. The number of rotatable bonds is 0. The molecule has 2 aromatic rings. The zero-order chi connectivity index (χ0) is 6.27. The van der Waals surface area contributed by atoms with Crippen LogP contribution in [0.3, 0.4) is 0 Å². The van der Waals surface area contributed by atoms with Crippen molar-refractivity contribution in [1.82, 2.24) is 25.1 Å². The standard InChI is InChI=1S/C3H4N6/c4-9-7-2-3(8-9)6-1-5-2/h1H,4H2,(H,5,6,7,8). The molecule has 3 N–H and O–H groups in total. The summed E-state index contributed by atoms with van der Waals surface area (Å²) in [5.41, 5.74) is 1.15. The lowest BCUT2D eigenvalue weighted by Crippen LogP contribution is -2.11. The SMILES string of the molecule is Nn1nc2nc[nH]c2n1. The van der Waals surface area contributed by atoms with Crippen LogP contribution in [0.25, 0.3) is 11.3 Å². The maximum absolute atomic E-state index is 5.17. The molecule has 0 fully saturated rings. The van der Waals surface area contributed by atoms with E-state index >= 15 is 0 Å². The Bertz CT molecular complexity index is 289. The first-order valence-corrected chi connectivity index (χ1v) is 2.38. The van der Waals surface area contributed by atoms with Crippen molar-refractivity contribution in [2.45, 2.75) is 0 Å². The molecule has 2 aromatic heterocycles. The van der Waals surface area contributed by atoms with Gasteiger partial charge in [-0.1, -0.05) is 4.91 Å². The minimum atomic E-state index is 0.539. The van der Waals surface area contributed by atoms with Crippen LogP contribution < -0.4 is 5.84 Å². The number of aromatic nitrogens is 5. The van der Waals surface area contributed by atoms with Crippen molar-refractivity contribution in [1.29, 1.82) is 0 Å². The Labute approximate surface area is 49.6 Å². The smallest absolute Gasteiger partial charge is 0.222 e. The molecule has 6 nitrogen and oxygen atoms in total. The van der Waals surface area contributed by atoms with Crippen LogP contribution in [-0.2, 0) is 0 Å². The highest BCUT2D eigenvalue weighted by atomic mass is 15.6. The second kappa shape index (κ2) is 1.22. The summed E-state index contributed by atoms with van der Waals surface area (Å²) in [5.74, 6) is 5.17. The van der Waals surface area contributed by atoms with Crippen molar-refractivity contribution < 1.29 is 0 Å². The fourth-order valence-corrected chi connectivity index (χ4v) is 0.649. The maximum atomic E-state index is 5.17. The topological polar surface area (TPSA) is 85.4 Å². The largest absolute Gasteiger partial charge is 0.326 e. The molecule has 0 saturated heterocycles. The zero-order valence-corrected chi connectivity index (χ0v) is 4.44. The van der Waals surface area contributed by atoms with Gasteiger partial charge in [-0.25, -0.2) is 4.98 Å². The third-order valence-corrected chi connectivity index (χ3v) is 1.000. The first-order valence-electron chi connectivity index (χ1n) is 2.38. The molecular weight excluding hydrogens is 120 g/mol. The van der Waals surface area contributed by atoms with E-state index in [1.165, 1.54) is 6.33 Å². The van der Waals surface area contributed by atoms with Gasteiger partial charge in [0.25, 0.3) is 0 Å². The minimum absolute atomic E-state index is 0.539. The molecule has 0 aliphatic rings. The summed E-state index contributed by atoms with van der Waals surface area (Å²) in [5, 5.41) is 7.45. The fraction of sp³-hybridized carbons (Fsp3) is 0. The molecule has 0 atom stereocenters. The quantitative estimate of drug-likeness (QED) is 0.435. The Morgan fingerprint density at radius 1 is 1.56 bits per heavy atom. The van der Waals surface area contributed by atoms with Gasteiger partial charge in [0.2, 0.25) is 11.3 Å². The number of nitrogens with zero attached hydrogens (tertiary/aromatic N) is 4. The minimum Gasteiger partial charge on any atom is -0.326 e. The molecule has 6 heteroatoms. The molecule has 0 saturated carbocycles. The average Bonchev–Trinajstić information content (AvgIpc) is 2.22. The molecule has 0 aromatic carbocycles. The predicted octanol–water partition coefficient (Wildman–Crippen LogP) is -1.13. The van der Waals surface area contributed by atoms with Crippen molar-refractivity contribution in [2.75, 3.05) is 5.84 Å². The van der Waals surface area contributed by atoms with Crippen LogP contribution in [0.2, 0.25) is 0 Å². The first kappa shape index (κ1) is 4.30. The normalized spacial score (nSPS) is 10.7. The summed E-state index contributed by atoms with van der Waals surface area (Å²) >= 11 is 0. The van der Waals surface area contributed by atoms with Crippen molar-refractivity contribution in [3.05, 3.63) is 6.33 Å². The van der Waals surface area contributed by atoms with Gasteiger partial charge in [0.05, 0.1) is 6.33 Å². The summed E-state index contributed by atoms with van der Waals surface area (Å²) in [4.78, 5) is 7.54. The molecule has 0 amide bonds. The van der Waals surface area contributed by atoms with Gasteiger partial charge in [-0.2, -0.15) is 0 Å². The summed E-state index contributed by atoms with van der Waals surface area (Å²) in [7, 11) is 0. The summed E-state index contributed by atoms with van der Waals surface area (Å²) in [6.07, 6.45) is 1.52. The molecule has 0 aliphatic carbocycles. The molecule has 0 bridgehead atoms. The van der Waals surface area contributed by atoms with Gasteiger partial charge in [-0.3, -0.25) is 0 Å². The van der Waals surface area contributed by atoms with Gasteiger partial charge < -0.3 is 10.8 Å². The number of hydrogen-bond acceptors (Lipinski definition) is 4. The fourth-order valence-electron chi connectivity index (χ4n) is 0.649. The van der Waals surface area contributed by atoms with E-state index in [4.69, 9.17) is 5.84 Å². The zero-order valence-electron chi connectivity index (χ0n) is 4.44. The van der Waals surface area contributed by atoms with Crippen LogP contribution >= 0.6 is 0 Å². The number of aromatic amines is 1. The number of imidazole rings is 1. The molecule has 0 spiro atoms. The third kappa shape index (κ3) is 0.463. The molecule has 0 unspecified atom stereocenters. The third-order valence-electron chi connectivity index (χ3n) is 1.000. The number of nitrogen functional groups attached to an aromatic ring is 1. The second-order valence-corrected chi connectivity index (χ2v) is 1.60. The van der Waals surface area contributed by atoms with Crippen molar-refractivity contribution in [3.63, 3.8) is 0 Å². The summed E-state index contributed by atoms with van der Waals surface area (Å²) < 4.78 is 0. The number of nitrogens with two attached hydrogens (primary N) is 1. The van der Waals surface area contributed by atoms with Gasteiger partial charge in [0.15, 0.2) is 0 Å². The lowest BCUT2D eigenvalue weighted by molar-refractivity contribution is 0.714. The molecule has 0 radical (unpaired) electrons. The van der Waals surface area contributed by atoms with Crippen molar-refractivity contribution >= 4 is 11.3 Å². The van der Waals surface area contributed by atoms with E-state index in [2.05, 4.69) is 20.2 Å². The van der Waals surface area contributed by atoms with Gasteiger partial charge in [0, 0.05) is 0 Å². The lowest BCUT2D eigenvalue weighted by Gasteiger charge is -1.77. The Kier molecular flexibility index (Phi) is 0.583. The Morgan fingerprint density at radius 3 is 3.22 bits per heavy atom. The highest BCUT2D eigenvalue weighted by molar-refractivity contribution is 5.62. The number of H-pyrrole nitrogens is 1. The first-order chi connectivity index (χ1) is 4.36. The summed E-state index contributed by atoms with van der Waals surface area (Å²) in [6.45, 7) is 0. The molecule has 9 heavy (non-hydrogen) atoms. The van der Waals surface area contributed by atoms with Crippen molar-refractivity contribution in [2.24, 2.45) is 0 Å². The van der Waals surface area contributed by atoms with E-state index in [-0.39, 0.29) is 0 Å². The van der Waals surface area contributed by atoms with Gasteiger partial charge in [-0.15, -0.1) is 10.2 Å². The van der Waals surface area contributed by atoms with Gasteiger partial charge >= 0.3 is 0 Å². The number of fused-ring (bicyclic) bond motifs is 1. The van der Waals surface area contributed by atoms with E-state index < -0.39 is 0 Å². The highest BCUT2D eigenvalue weighted by Gasteiger charge is 1.99. The highest BCUT2D eigenvalue weighted by Crippen LogP contribution is 1.96. The van der Waals surface area contributed by atoms with Crippen LogP contribution in [0.1, 0.15) is 0 Å². The van der Waals surface area contributed by atoms with Crippen molar-refractivity contribution in [3.8, 4) is 0 Å². The summed E-state index contributed by atoms with van der Waals surface area (Å²) in [6, 6.07) is 0. The lowest BCUT2D eigenvalue weighted by atomic mass is 10.8. The van der Waals surface area contributed by atoms with E-state index in [0.717, 1.165) is 4.91 Å². The Balaban J connectivity index is 2.92. The Hall–Kier alpha value is -1.59. The van der Waals surface area contributed by atoms with Gasteiger partial charge in [0.1, 0.15) is 0 Å². The molecule has 0 aliphatic heterocycles. The predicted molar refractivity (Wildman–Crippen MR) is 29.8 cm³/mol. The van der Waals surface area contributed by atoms with Gasteiger partial charge in [-0.05, 0) is 0 Å².